The van der Waals surface area contributed by atoms with Crippen LogP contribution in [-0.2, 0) is 16.1 Å². The van der Waals surface area contributed by atoms with Crippen molar-refractivity contribution < 1.29 is 13.9 Å². The van der Waals surface area contributed by atoms with E-state index in [2.05, 4.69) is 20.0 Å². The maximum Gasteiger partial charge on any atom is 0.327 e. The van der Waals surface area contributed by atoms with E-state index in [1.807, 2.05) is 19.2 Å². The molecule has 7 nitrogen and oxygen atoms in total. The van der Waals surface area contributed by atoms with Crippen LogP contribution >= 0.6 is 0 Å². The van der Waals surface area contributed by atoms with Crippen molar-refractivity contribution in [3.63, 3.8) is 0 Å². The number of anilines is 1. The van der Waals surface area contributed by atoms with Gasteiger partial charge in [0.05, 0.1) is 24.7 Å². The summed E-state index contributed by atoms with van der Waals surface area (Å²) in [6.07, 6.45) is 5.39. The Bertz CT molecular complexity index is 968. The molecule has 0 bridgehead atoms. The third kappa shape index (κ3) is 3.34. The smallest absolute Gasteiger partial charge is 0.327 e. The summed E-state index contributed by atoms with van der Waals surface area (Å²) in [6, 6.07) is 6.72. The van der Waals surface area contributed by atoms with E-state index in [4.69, 9.17) is 4.74 Å². The molecule has 0 saturated heterocycles. The predicted molar refractivity (Wildman–Crippen MR) is 97.6 cm³/mol. The molecule has 1 aliphatic carbocycles. The number of rotatable bonds is 6. The lowest BCUT2D eigenvalue weighted by Gasteiger charge is -2.30. The van der Waals surface area contributed by atoms with E-state index in [0.29, 0.717) is 11.6 Å². The van der Waals surface area contributed by atoms with E-state index in [1.54, 1.807) is 6.20 Å². The van der Waals surface area contributed by atoms with Crippen molar-refractivity contribution in [1.82, 2.24) is 19.7 Å². The van der Waals surface area contributed by atoms with Gasteiger partial charge in [-0.25, -0.2) is 19.0 Å². The Morgan fingerprint density at radius 3 is 2.74 bits per heavy atom. The quantitative estimate of drug-likeness (QED) is 0.622. The highest BCUT2D eigenvalue weighted by Crippen LogP contribution is 2.45. The van der Waals surface area contributed by atoms with Gasteiger partial charge in [0.15, 0.2) is 5.65 Å². The third-order valence-electron chi connectivity index (χ3n) is 4.95. The van der Waals surface area contributed by atoms with Crippen LogP contribution < -0.4 is 4.90 Å². The number of aromatic nitrogens is 4. The zero-order chi connectivity index (χ0) is 19.0. The SMILES string of the molecule is COC(=O)Cn1ncc2c(N(C)[C@H](c3ccc(F)cc3)C3CC3)ncnc21. The van der Waals surface area contributed by atoms with Crippen LogP contribution in [0.5, 0.6) is 0 Å². The summed E-state index contributed by atoms with van der Waals surface area (Å²) >= 11 is 0. The Morgan fingerprint density at radius 2 is 2.07 bits per heavy atom. The van der Waals surface area contributed by atoms with Gasteiger partial charge >= 0.3 is 5.97 Å². The van der Waals surface area contributed by atoms with Crippen LogP contribution in [0.3, 0.4) is 0 Å². The van der Waals surface area contributed by atoms with E-state index in [0.717, 1.165) is 29.6 Å². The molecule has 0 N–H and O–H groups in total. The van der Waals surface area contributed by atoms with Crippen LogP contribution in [0.15, 0.2) is 36.8 Å². The number of halogens is 1. The summed E-state index contributed by atoms with van der Waals surface area (Å²) in [5, 5.41) is 5.03. The van der Waals surface area contributed by atoms with Crippen molar-refractivity contribution in [2.24, 2.45) is 5.92 Å². The molecular formula is C19H20FN5O2. The molecule has 1 fully saturated rings. The van der Waals surface area contributed by atoms with Gasteiger partial charge in [0.1, 0.15) is 24.5 Å². The molecule has 0 amide bonds. The maximum absolute atomic E-state index is 13.4. The average molecular weight is 369 g/mol. The van der Waals surface area contributed by atoms with Crippen molar-refractivity contribution in [3.8, 4) is 0 Å². The summed E-state index contributed by atoms with van der Waals surface area (Å²) in [6.45, 7) is -0.00974. The molecular weight excluding hydrogens is 349 g/mol. The molecule has 3 aromatic rings. The monoisotopic (exact) mass is 369 g/mol. The molecule has 0 spiro atoms. The van der Waals surface area contributed by atoms with Crippen LogP contribution in [-0.4, -0.2) is 39.9 Å². The van der Waals surface area contributed by atoms with E-state index in [-0.39, 0.29) is 18.4 Å². The lowest BCUT2D eigenvalue weighted by molar-refractivity contribution is -0.141. The highest BCUT2D eigenvalue weighted by atomic mass is 19.1. The number of ether oxygens (including phenoxy) is 1. The number of carbonyl (C=O) groups is 1. The van der Waals surface area contributed by atoms with E-state index in [9.17, 15) is 9.18 Å². The molecule has 2 heterocycles. The van der Waals surface area contributed by atoms with Gasteiger partial charge in [-0.15, -0.1) is 0 Å². The molecule has 0 unspecified atom stereocenters. The number of methoxy groups -OCH3 is 1. The largest absolute Gasteiger partial charge is 0.468 e. The van der Waals surface area contributed by atoms with E-state index in [1.165, 1.54) is 30.3 Å². The predicted octanol–water partition coefficient (Wildman–Crippen LogP) is 2.73. The lowest BCUT2D eigenvalue weighted by Crippen LogP contribution is -2.27. The topological polar surface area (TPSA) is 73.1 Å². The molecule has 1 aromatic carbocycles. The fraction of sp³-hybridized carbons (Fsp3) is 0.368. The molecule has 8 heteroatoms. The number of fused-ring (bicyclic) bond motifs is 1. The van der Waals surface area contributed by atoms with Gasteiger partial charge < -0.3 is 9.64 Å². The van der Waals surface area contributed by atoms with Gasteiger partial charge in [-0.1, -0.05) is 12.1 Å². The molecule has 0 radical (unpaired) electrons. The lowest BCUT2D eigenvalue weighted by atomic mass is 10.0. The summed E-state index contributed by atoms with van der Waals surface area (Å²) in [4.78, 5) is 22.4. The molecule has 27 heavy (non-hydrogen) atoms. The van der Waals surface area contributed by atoms with Crippen molar-refractivity contribution in [2.75, 3.05) is 19.1 Å². The Balaban J connectivity index is 1.71. The number of benzene rings is 1. The highest BCUT2D eigenvalue weighted by molar-refractivity contribution is 5.87. The summed E-state index contributed by atoms with van der Waals surface area (Å²) in [7, 11) is 3.32. The van der Waals surface area contributed by atoms with Gasteiger partial charge in [0, 0.05) is 7.05 Å². The second-order valence-corrected chi connectivity index (χ2v) is 6.76. The normalized spacial score (nSPS) is 14.9. The van der Waals surface area contributed by atoms with Crippen molar-refractivity contribution in [2.45, 2.75) is 25.4 Å². The molecule has 0 aliphatic heterocycles. The van der Waals surface area contributed by atoms with Crippen molar-refractivity contribution >= 4 is 22.8 Å². The van der Waals surface area contributed by atoms with Crippen molar-refractivity contribution in [1.29, 1.82) is 0 Å². The second-order valence-electron chi connectivity index (χ2n) is 6.76. The number of hydrogen-bond acceptors (Lipinski definition) is 6. The molecule has 1 aliphatic rings. The first-order valence-electron chi connectivity index (χ1n) is 8.80. The second kappa shape index (κ2) is 6.94. The molecule has 1 saturated carbocycles. The highest BCUT2D eigenvalue weighted by Gasteiger charge is 2.36. The van der Waals surface area contributed by atoms with Crippen LogP contribution in [0.2, 0.25) is 0 Å². The van der Waals surface area contributed by atoms with Crippen LogP contribution in [0.25, 0.3) is 11.0 Å². The van der Waals surface area contributed by atoms with Gasteiger partial charge in [-0.3, -0.25) is 4.79 Å². The van der Waals surface area contributed by atoms with Crippen LogP contribution in [0, 0.1) is 11.7 Å². The first kappa shape index (κ1) is 17.4. The summed E-state index contributed by atoms with van der Waals surface area (Å²) < 4.78 is 19.6. The number of nitrogens with zero attached hydrogens (tertiary/aromatic N) is 5. The van der Waals surface area contributed by atoms with E-state index >= 15 is 0 Å². The zero-order valence-corrected chi connectivity index (χ0v) is 15.2. The first-order chi connectivity index (χ1) is 13.1. The minimum absolute atomic E-state index is 0.00974. The number of hydrogen-bond donors (Lipinski definition) is 0. The average Bonchev–Trinajstić information content (AvgIpc) is 3.43. The Morgan fingerprint density at radius 1 is 1.33 bits per heavy atom. The van der Waals surface area contributed by atoms with Gasteiger partial charge in [0.2, 0.25) is 0 Å². The third-order valence-corrected chi connectivity index (χ3v) is 4.95. The minimum Gasteiger partial charge on any atom is -0.468 e. The Labute approximate surface area is 155 Å². The fourth-order valence-corrected chi connectivity index (χ4v) is 3.48. The van der Waals surface area contributed by atoms with Crippen molar-refractivity contribution in [3.05, 3.63) is 48.2 Å². The molecule has 140 valence electrons. The minimum atomic E-state index is -0.393. The zero-order valence-electron chi connectivity index (χ0n) is 15.2. The first-order valence-corrected chi connectivity index (χ1v) is 8.80. The standard InChI is InChI=1S/C19H20FN5O2/c1-24(17(12-3-4-12)13-5-7-14(20)8-6-13)18-15-9-23-25(10-16(26)27-2)19(15)22-11-21-18/h5-9,11-12,17H,3-4,10H2,1-2H3/t17-/m0/s1. The molecule has 1 atom stereocenters. The Kier molecular flexibility index (Phi) is 4.47. The molecule has 2 aromatic heterocycles. The van der Waals surface area contributed by atoms with Crippen LogP contribution in [0.1, 0.15) is 24.4 Å². The maximum atomic E-state index is 13.4. The fourth-order valence-electron chi connectivity index (χ4n) is 3.48. The summed E-state index contributed by atoms with van der Waals surface area (Å²) in [5.41, 5.74) is 1.63. The van der Waals surface area contributed by atoms with E-state index < -0.39 is 5.97 Å². The Hall–Kier alpha value is -3.03. The molecule has 4 rings (SSSR count). The summed E-state index contributed by atoms with van der Waals surface area (Å²) in [5.74, 6) is 0.591. The van der Waals surface area contributed by atoms with Gasteiger partial charge in [-0.05, 0) is 36.5 Å². The number of esters is 1. The van der Waals surface area contributed by atoms with Gasteiger partial charge in [0.25, 0.3) is 0 Å². The van der Waals surface area contributed by atoms with Crippen LogP contribution in [0.4, 0.5) is 10.2 Å². The number of carbonyl (C=O) groups excluding carboxylic acids is 1. The van der Waals surface area contributed by atoms with Gasteiger partial charge in [-0.2, -0.15) is 5.10 Å².